The van der Waals surface area contributed by atoms with E-state index in [4.69, 9.17) is 19.9 Å². The quantitative estimate of drug-likeness (QED) is 0.220. The lowest BCUT2D eigenvalue weighted by Crippen LogP contribution is -2.47. The number of halogens is 6. The van der Waals surface area contributed by atoms with Crippen molar-refractivity contribution in [1.29, 1.82) is 0 Å². The second kappa shape index (κ2) is 17.7. The van der Waals surface area contributed by atoms with Gasteiger partial charge in [-0.25, -0.2) is 18.4 Å². The van der Waals surface area contributed by atoms with Crippen LogP contribution in [0.1, 0.15) is 60.6 Å². The van der Waals surface area contributed by atoms with Gasteiger partial charge in [-0.1, -0.05) is 30.7 Å². The predicted molar refractivity (Wildman–Crippen MR) is 202 cm³/mol. The summed E-state index contributed by atoms with van der Waals surface area (Å²) in [4.78, 5) is 35.0. The van der Waals surface area contributed by atoms with Crippen LogP contribution in [-0.4, -0.2) is 115 Å². The van der Waals surface area contributed by atoms with E-state index in [0.29, 0.717) is 41.1 Å². The van der Waals surface area contributed by atoms with Gasteiger partial charge < -0.3 is 30.2 Å². The summed E-state index contributed by atoms with van der Waals surface area (Å²) >= 11 is 0. The molecule has 324 valence electrons. The number of hydrogen-bond donors (Lipinski definition) is 3. The highest BCUT2D eigenvalue weighted by atomic mass is 19.3. The topological polar surface area (TPSA) is 170 Å². The van der Waals surface area contributed by atoms with Crippen LogP contribution in [0.25, 0.3) is 0 Å². The first-order valence-electron chi connectivity index (χ1n) is 19.4. The molecule has 2 aromatic carbocycles. The molecule has 0 saturated carbocycles. The Bertz CT molecular complexity index is 2060. The molecule has 20 heteroatoms. The van der Waals surface area contributed by atoms with Gasteiger partial charge in [-0.2, -0.15) is 27.5 Å². The maximum absolute atomic E-state index is 14.8. The lowest BCUT2D eigenvalue weighted by molar-refractivity contribution is -0.141. The van der Waals surface area contributed by atoms with Gasteiger partial charge in [-0.15, -0.1) is 0 Å². The molecule has 0 radical (unpaired) electrons. The predicted octanol–water partition coefficient (Wildman–Crippen LogP) is 3.74. The van der Waals surface area contributed by atoms with E-state index in [-0.39, 0.29) is 42.6 Å². The molecule has 2 unspecified atom stereocenters. The number of benzene rings is 2. The van der Waals surface area contributed by atoms with Crippen LogP contribution in [0, 0.1) is 18.6 Å². The van der Waals surface area contributed by atoms with E-state index in [9.17, 15) is 46.1 Å². The van der Waals surface area contributed by atoms with Gasteiger partial charge in [0.1, 0.15) is 41.9 Å². The maximum atomic E-state index is 14.8. The number of aliphatic hydroxyl groups excluding tert-OH is 2. The third-order valence-corrected chi connectivity index (χ3v) is 11.3. The number of rotatable bonds is 8. The zero-order chi connectivity index (χ0) is 42.9. The third kappa shape index (κ3) is 9.00. The molecule has 0 bridgehead atoms. The summed E-state index contributed by atoms with van der Waals surface area (Å²) in [5.74, 6) is -8.18. The summed E-state index contributed by atoms with van der Waals surface area (Å²) in [6.45, 7) is 3.37. The van der Waals surface area contributed by atoms with Crippen LogP contribution in [0.2, 0.25) is 0 Å². The fourth-order valence-electron chi connectivity index (χ4n) is 8.10. The highest BCUT2D eigenvalue weighted by molar-refractivity contribution is 5.24. The first-order valence-corrected chi connectivity index (χ1v) is 19.4. The molecule has 14 nitrogen and oxygen atoms in total. The minimum atomic E-state index is -3.69. The van der Waals surface area contributed by atoms with E-state index >= 15 is 0 Å². The molecular weight excluding hydrogens is 804 g/mol. The van der Waals surface area contributed by atoms with Crippen molar-refractivity contribution in [2.75, 3.05) is 45.1 Å². The van der Waals surface area contributed by atoms with Gasteiger partial charge in [0.2, 0.25) is 12.5 Å². The molecule has 4 N–H and O–H groups in total. The largest absolute Gasteiger partial charge is 0.384 e. The molecule has 60 heavy (non-hydrogen) atoms. The smallest absolute Gasteiger partial charge is 0.351 e. The molecule has 4 aliphatic heterocycles. The highest BCUT2D eigenvalue weighted by Gasteiger charge is 2.61. The Kier molecular flexibility index (Phi) is 12.8. The summed E-state index contributed by atoms with van der Waals surface area (Å²) in [6.07, 6.45) is -5.69. The Morgan fingerprint density at radius 2 is 1.22 bits per heavy atom. The molecule has 4 fully saturated rings. The normalized spacial score (nSPS) is 29.2. The van der Waals surface area contributed by atoms with Gasteiger partial charge in [0.25, 0.3) is 0 Å². The van der Waals surface area contributed by atoms with Gasteiger partial charge in [0.05, 0.1) is 19.3 Å². The van der Waals surface area contributed by atoms with Crippen LogP contribution >= 0.6 is 0 Å². The van der Waals surface area contributed by atoms with Crippen LogP contribution < -0.4 is 17.1 Å². The summed E-state index contributed by atoms with van der Waals surface area (Å²) in [7, 11) is 0. The number of nitrogen functional groups attached to an aromatic ring is 1. The summed E-state index contributed by atoms with van der Waals surface area (Å²) in [6, 6.07) is 14.2. The Labute approximate surface area is 339 Å². The Balaban J connectivity index is 0.000000181. The number of piperidine rings is 1. The van der Waals surface area contributed by atoms with Gasteiger partial charge in [-0.3, -0.25) is 18.9 Å². The molecule has 8 rings (SSSR count). The number of anilines is 1. The molecule has 6 heterocycles. The number of likely N-dealkylation sites (tertiary alicyclic amines) is 1. The molecule has 8 atom stereocenters. The van der Waals surface area contributed by atoms with E-state index in [1.165, 1.54) is 42.6 Å². The zero-order valence-corrected chi connectivity index (χ0v) is 32.4. The summed E-state index contributed by atoms with van der Waals surface area (Å²) in [5, 5.41) is 20.6. The molecule has 0 aliphatic carbocycles. The lowest BCUT2D eigenvalue weighted by atomic mass is 9.94. The van der Waals surface area contributed by atoms with E-state index in [0.717, 1.165) is 36.6 Å². The second-order valence-corrected chi connectivity index (χ2v) is 15.3. The third-order valence-electron chi connectivity index (χ3n) is 11.3. The van der Waals surface area contributed by atoms with E-state index < -0.39 is 60.1 Å². The number of aliphatic hydroxyl groups is 2. The number of morpholine rings is 1. The fourth-order valence-corrected chi connectivity index (χ4v) is 8.10. The Hall–Kier alpha value is -4.70. The monoisotopic (exact) mass is 849 g/mol. The molecule has 0 amide bonds. The Morgan fingerprint density at radius 3 is 1.75 bits per heavy atom. The average molecular weight is 850 g/mol. The van der Waals surface area contributed by atoms with E-state index in [1.54, 1.807) is 31.2 Å². The van der Waals surface area contributed by atoms with Crippen molar-refractivity contribution < 1.29 is 50.8 Å². The first kappa shape index (κ1) is 43.4. The average Bonchev–Trinajstić information content (AvgIpc) is 3.57. The van der Waals surface area contributed by atoms with Crippen LogP contribution in [0.4, 0.5) is 32.2 Å². The van der Waals surface area contributed by atoms with Crippen LogP contribution in [0.3, 0.4) is 0 Å². The highest BCUT2D eigenvalue weighted by Crippen LogP contribution is 2.45. The lowest BCUT2D eigenvalue weighted by Gasteiger charge is -2.37. The van der Waals surface area contributed by atoms with Crippen molar-refractivity contribution in [2.24, 2.45) is 0 Å². The maximum Gasteiger partial charge on any atom is 0.351 e. The SMILES string of the molecule is Cc1ccn([C@@H]2O[C@H](CN3CCOCC3c3ccc(F)cc3)[C@@H](O)C2(F)F)c(=O)n1.Nc1ccn([C@@H]2O[C@H](CN3CCCCC3c3ccc(F)cc3)[C@@H](O)C2(F)F)c(=O)n1. The molecule has 0 spiro atoms. The minimum absolute atomic E-state index is 0.00724. The fraction of sp³-hybridized carbons (Fsp3) is 0.500. The number of ether oxygens (including phenoxy) is 3. The van der Waals surface area contributed by atoms with Crippen molar-refractivity contribution >= 4 is 5.82 Å². The number of hydrogen-bond acceptors (Lipinski definition) is 12. The Morgan fingerprint density at radius 1 is 0.717 bits per heavy atom. The van der Waals surface area contributed by atoms with Gasteiger partial charge in [-0.05, 0) is 73.8 Å². The molecule has 2 aromatic heterocycles. The number of aryl methyl sites for hydroxylation is 1. The first-order chi connectivity index (χ1) is 28.5. The summed E-state index contributed by atoms with van der Waals surface area (Å²) in [5.41, 5.74) is 5.61. The minimum Gasteiger partial charge on any atom is -0.384 e. The number of nitrogens with two attached hydrogens (primary N) is 1. The van der Waals surface area contributed by atoms with E-state index in [1.807, 2.05) is 9.80 Å². The molecule has 4 aromatic rings. The molecular formula is C40H45F6N7O7. The zero-order valence-electron chi connectivity index (χ0n) is 32.4. The van der Waals surface area contributed by atoms with Crippen LogP contribution in [0.5, 0.6) is 0 Å². The standard InChI is InChI=1S/C20H23F3N4O3.C20H22F3N3O4/c21-13-6-4-12(5-7-13)14-3-1-2-9-26(14)11-15-17(28)20(22,23)18(30-15)27-10-8-16(24)25-19(27)29;1-12-6-7-26(19(28)24-12)18-20(22,23)17(27)16(30-18)10-25-8-9-29-11-15(25)13-2-4-14(21)5-3-13/h4-8,10,14-15,17-18,28H,1-3,9,11H2,(H2,24,25,29);2-7,15-18,27H,8-11H2,1H3/t14?,15-,17-,18-;15?,16-,17-,18-/m11/s1. The van der Waals surface area contributed by atoms with Gasteiger partial charge in [0, 0.05) is 43.8 Å². The number of aromatic nitrogens is 4. The van der Waals surface area contributed by atoms with Crippen LogP contribution in [-0.2, 0) is 14.2 Å². The van der Waals surface area contributed by atoms with Crippen molar-refractivity contribution in [3.63, 3.8) is 0 Å². The number of nitrogens with zero attached hydrogens (tertiary/aromatic N) is 6. The second-order valence-electron chi connectivity index (χ2n) is 15.3. The van der Waals surface area contributed by atoms with Gasteiger partial charge in [0.15, 0.2) is 0 Å². The molecule has 4 saturated heterocycles. The number of alkyl halides is 4. The summed E-state index contributed by atoms with van der Waals surface area (Å²) < 4.78 is 104. The van der Waals surface area contributed by atoms with Crippen molar-refractivity contribution in [3.05, 3.63) is 122 Å². The van der Waals surface area contributed by atoms with Crippen molar-refractivity contribution in [2.45, 2.75) is 87.0 Å². The van der Waals surface area contributed by atoms with Crippen LogP contribution in [0.15, 0.2) is 82.6 Å². The van der Waals surface area contributed by atoms with Gasteiger partial charge >= 0.3 is 23.2 Å². The van der Waals surface area contributed by atoms with Crippen molar-refractivity contribution in [1.82, 2.24) is 28.9 Å². The van der Waals surface area contributed by atoms with Crippen molar-refractivity contribution in [3.8, 4) is 0 Å². The van der Waals surface area contributed by atoms with E-state index in [2.05, 4.69) is 9.97 Å². The molecule has 4 aliphatic rings.